The van der Waals surface area contributed by atoms with Crippen LogP contribution in [0.15, 0.2) is 72.2 Å². The van der Waals surface area contributed by atoms with Crippen molar-refractivity contribution in [3.63, 3.8) is 0 Å². The Morgan fingerprint density at radius 3 is 2.18 bits per heavy atom. The number of anilines is 2. The van der Waals surface area contributed by atoms with Crippen molar-refractivity contribution in [2.45, 2.75) is 24.8 Å². The Bertz CT molecular complexity index is 1230. The predicted octanol–water partition coefficient (Wildman–Crippen LogP) is 5.09. The number of Topliss-reactive ketones (excluding diaryl/α,β-unsaturated/α-hetero) is 1. The van der Waals surface area contributed by atoms with Gasteiger partial charge in [-0.2, -0.15) is 0 Å². The molecule has 0 bridgehead atoms. The lowest BCUT2D eigenvalue weighted by Gasteiger charge is -2.30. The molecule has 0 spiro atoms. The van der Waals surface area contributed by atoms with Gasteiger partial charge in [0.25, 0.3) is 0 Å². The van der Waals surface area contributed by atoms with Crippen molar-refractivity contribution < 1.29 is 19.0 Å². The van der Waals surface area contributed by atoms with E-state index in [1.54, 1.807) is 33.7 Å². The van der Waals surface area contributed by atoms with E-state index < -0.39 is 0 Å². The van der Waals surface area contributed by atoms with E-state index in [9.17, 15) is 4.79 Å². The Balaban J connectivity index is 1.59. The molecule has 0 fully saturated rings. The summed E-state index contributed by atoms with van der Waals surface area (Å²) < 4.78 is 16.6. The van der Waals surface area contributed by atoms with Gasteiger partial charge in [0.2, 0.25) is 5.75 Å². The summed E-state index contributed by atoms with van der Waals surface area (Å²) in [6, 6.07) is 15.5. The summed E-state index contributed by atoms with van der Waals surface area (Å²) in [4.78, 5) is 17.8. The van der Waals surface area contributed by atoms with Crippen molar-refractivity contribution in [1.82, 2.24) is 4.98 Å². The van der Waals surface area contributed by atoms with Gasteiger partial charge >= 0.3 is 0 Å². The molecule has 0 amide bonds. The molecular weight excluding hydrogens is 430 g/mol. The first-order chi connectivity index (χ1) is 16.6. The molecule has 1 aliphatic carbocycles. The molecule has 7 nitrogen and oxygen atoms in total. The van der Waals surface area contributed by atoms with Crippen LogP contribution in [0.4, 0.5) is 11.4 Å². The maximum Gasteiger partial charge on any atom is 0.203 e. The van der Waals surface area contributed by atoms with Crippen molar-refractivity contribution in [3.8, 4) is 17.2 Å². The number of para-hydroxylation sites is 2. The number of ketones is 1. The van der Waals surface area contributed by atoms with Crippen LogP contribution in [0.2, 0.25) is 0 Å². The van der Waals surface area contributed by atoms with Gasteiger partial charge in [-0.3, -0.25) is 9.78 Å². The Morgan fingerprint density at radius 1 is 0.853 bits per heavy atom. The number of rotatable bonds is 5. The second-order valence-corrected chi connectivity index (χ2v) is 8.41. The number of methoxy groups -OCH3 is 3. The Labute approximate surface area is 198 Å². The molecule has 2 aliphatic rings. The third-order valence-electron chi connectivity index (χ3n) is 6.51. The van der Waals surface area contributed by atoms with E-state index in [1.807, 2.05) is 48.5 Å². The quantitative estimate of drug-likeness (QED) is 0.552. The topological polar surface area (TPSA) is 81.7 Å². The fourth-order valence-corrected chi connectivity index (χ4v) is 4.87. The van der Waals surface area contributed by atoms with E-state index in [0.717, 1.165) is 33.8 Å². The molecule has 5 rings (SSSR count). The summed E-state index contributed by atoms with van der Waals surface area (Å²) in [5.74, 6) is 1.78. The van der Waals surface area contributed by atoms with Gasteiger partial charge in [0, 0.05) is 30.1 Å². The van der Waals surface area contributed by atoms with Crippen molar-refractivity contribution in [2.24, 2.45) is 0 Å². The lowest BCUT2D eigenvalue weighted by molar-refractivity contribution is -0.116. The molecule has 2 atom stereocenters. The van der Waals surface area contributed by atoms with E-state index in [1.165, 1.54) is 0 Å². The van der Waals surface area contributed by atoms with Gasteiger partial charge < -0.3 is 24.8 Å². The zero-order valence-corrected chi connectivity index (χ0v) is 19.4. The van der Waals surface area contributed by atoms with Gasteiger partial charge in [0.15, 0.2) is 17.3 Å². The number of aromatic nitrogens is 1. The predicted molar refractivity (Wildman–Crippen MR) is 131 cm³/mol. The van der Waals surface area contributed by atoms with Crippen LogP contribution in [0.3, 0.4) is 0 Å². The number of carbonyl (C=O) groups excluding carboxylic acids is 1. The Morgan fingerprint density at radius 2 is 1.53 bits per heavy atom. The molecule has 2 heterocycles. The number of fused-ring (bicyclic) bond motifs is 1. The molecule has 0 saturated heterocycles. The van der Waals surface area contributed by atoms with Gasteiger partial charge in [0.1, 0.15) is 0 Å². The summed E-state index contributed by atoms with van der Waals surface area (Å²) in [6.45, 7) is 0. The van der Waals surface area contributed by atoms with E-state index >= 15 is 0 Å². The molecule has 0 radical (unpaired) electrons. The number of nitrogens with zero attached hydrogens (tertiary/aromatic N) is 1. The van der Waals surface area contributed by atoms with Crippen LogP contribution in [0.25, 0.3) is 0 Å². The summed E-state index contributed by atoms with van der Waals surface area (Å²) in [5, 5.41) is 7.15. The minimum Gasteiger partial charge on any atom is -0.493 e. The van der Waals surface area contributed by atoms with Gasteiger partial charge in [-0.1, -0.05) is 12.1 Å². The number of ether oxygens (including phenoxy) is 3. The van der Waals surface area contributed by atoms with Crippen LogP contribution >= 0.6 is 0 Å². The first-order valence-corrected chi connectivity index (χ1v) is 11.2. The van der Waals surface area contributed by atoms with Crippen molar-refractivity contribution in [1.29, 1.82) is 0 Å². The lowest BCUT2D eigenvalue weighted by Crippen LogP contribution is -2.27. The fourth-order valence-electron chi connectivity index (χ4n) is 4.87. The SMILES string of the molecule is COc1cc(C2CC(=O)C3=C(C2)Nc2ccccc2NC3c2ccncc2)cc(OC)c1OC. The standard InChI is InChI=1S/C27H27N3O4/c1-32-23-14-18(15-24(33-2)27(23)34-3)17-12-21-25(22(31)13-17)26(16-8-10-28-11-9-16)30-20-7-5-4-6-19(20)29-21/h4-11,14-15,17,26,29-30H,12-13H2,1-3H3. The van der Waals surface area contributed by atoms with Gasteiger partial charge in [-0.05, 0) is 59.9 Å². The molecule has 2 unspecified atom stereocenters. The zero-order chi connectivity index (χ0) is 23.7. The largest absolute Gasteiger partial charge is 0.493 e. The molecule has 1 aromatic heterocycles. The second-order valence-electron chi connectivity index (χ2n) is 8.41. The molecule has 2 N–H and O–H groups in total. The summed E-state index contributed by atoms with van der Waals surface area (Å²) in [7, 11) is 4.78. The van der Waals surface area contributed by atoms with E-state index in [0.29, 0.717) is 30.1 Å². The minimum atomic E-state index is -0.262. The fraction of sp³-hybridized carbons (Fsp3) is 0.259. The zero-order valence-electron chi connectivity index (χ0n) is 19.4. The highest BCUT2D eigenvalue weighted by atomic mass is 16.5. The van der Waals surface area contributed by atoms with Crippen molar-refractivity contribution >= 4 is 17.2 Å². The van der Waals surface area contributed by atoms with Crippen LogP contribution in [0.1, 0.15) is 35.9 Å². The summed E-state index contributed by atoms with van der Waals surface area (Å²) in [6.07, 6.45) is 4.58. The summed E-state index contributed by atoms with van der Waals surface area (Å²) >= 11 is 0. The van der Waals surface area contributed by atoms with Crippen LogP contribution in [0.5, 0.6) is 17.2 Å². The maximum absolute atomic E-state index is 13.7. The molecule has 3 aromatic rings. The monoisotopic (exact) mass is 457 g/mol. The third-order valence-corrected chi connectivity index (χ3v) is 6.51. The smallest absolute Gasteiger partial charge is 0.203 e. The lowest BCUT2D eigenvalue weighted by atomic mass is 9.78. The molecule has 7 heteroatoms. The molecular formula is C27H27N3O4. The highest BCUT2D eigenvalue weighted by molar-refractivity contribution is 6.01. The first-order valence-electron chi connectivity index (χ1n) is 11.2. The third kappa shape index (κ3) is 3.83. The van der Waals surface area contributed by atoms with E-state index in [2.05, 4.69) is 15.6 Å². The van der Waals surface area contributed by atoms with Crippen molar-refractivity contribution in [3.05, 3.63) is 83.3 Å². The average molecular weight is 458 g/mol. The Kier molecular flexibility index (Phi) is 5.84. The molecule has 0 saturated carbocycles. The molecule has 174 valence electrons. The van der Waals surface area contributed by atoms with Crippen molar-refractivity contribution in [2.75, 3.05) is 32.0 Å². The average Bonchev–Trinajstić information content (AvgIpc) is 3.05. The normalized spacial score (nSPS) is 19.2. The number of pyridine rings is 1. The number of hydrogen-bond donors (Lipinski definition) is 2. The minimum absolute atomic E-state index is 0.0317. The van der Waals surface area contributed by atoms with E-state index in [-0.39, 0.29) is 17.7 Å². The molecule has 34 heavy (non-hydrogen) atoms. The second kappa shape index (κ2) is 9.09. The molecule has 2 aromatic carbocycles. The molecule has 1 aliphatic heterocycles. The van der Waals surface area contributed by atoms with Crippen LogP contribution < -0.4 is 24.8 Å². The Hall–Kier alpha value is -4.00. The number of allylic oxidation sites excluding steroid dienone is 1. The van der Waals surface area contributed by atoms with Crippen LogP contribution in [0, 0.1) is 0 Å². The number of nitrogens with one attached hydrogen (secondary N) is 2. The highest BCUT2D eigenvalue weighted by Crippen LogP contribution is 2.47. The van der Waals surface area contributed by atoms with Gasteiger partial charge in [-0.25, -0.2) is 0 Å². The number of hydrogen-bond acceptors (Lipinski definition) is 7. The summed E-state index contributed by atoms with van der Waals surface area (Å²) in [5.41, 5.74) is 5.57. The van der Waals surface area contributed by atoms with Crippen LogP contribution in [-0.2, 0) is 4.79 Å². The van der Waals surface area contributed by atoms with E-state index in [4.69, 9.17) is 14.2 Å². The van der Waals surface area contributed by atoms with Crippen LogP contribution in [-0.4, -0.2) is 32.1 Å². The number of carbonyl (C=O) groups is 1. The maximum atomic E-state index is 13.7. The van der Waals surface area contributed by atoms with Gasteiger partial charge in [0.05, 0.1) is 38.7 Å². The first kappa shape index (κ1) is 21.8. The number of benzene rings is 2. The highest BCUT2D eigenvalue weighted by Gasteiger charge is 2.36. The van der Waals surface area contributed by atoms with Gasteiger partial charge in [-0.15, -0.1) is 0 Å².